The van der Waals surface area contributed by atoms with Crippen LogP contribution in [-0.2, 0) is 23.0 Å². The largest absolute Gasteiger partial charge is 0.495 e. The molecular weight excluding hydrogens is 354 g/mol. The summed E-state index contributed by atoms with van der Waals surface area (Å²) < 4.78 is 43.8. The van der Waals surface area contributed by atoms with Crippen LogP contribution in [0.4, 0.5) is 0 Å². The Balaban J connectivity index is 1.99. The van der Waals surface area contributed by atoms with Gasteiger partial charge in [0.25, 0.3) is 0 Å². The van der Waals surface area contributed by atoms with Crippen molar-refractivity contribution in [2.24, 2.45) is 0 Å². The summed E-state index contributed by atoms with van der Waals surface area (Å²) in [6.07, 6.45) is 0.614. The number of aryl methyl sites for hydroxylation is 1. The smallest absolute Gasteiger partial charge is 0.247 e. The van der Waals surface area contributed by atoms with Crippen LogP contribution in [0.15, 0.2) is 35.2 Å². The van der Waals surface area contributed by atoms with E-state index in [-0.39, 0.29) is 11.4 Å². The number of methoxy groups -OCH3 is 3. The van der Waals surface area contributed by atoms with Crippen LogP contribution in [0.5, 0.6) is 17.2 Å². The van der Waals surface area contributed by atoms with Gasteiger partial charge in [-0.05, 0) is 54.3 Å². The van der Waals surface area contributed by atoms with E-state index in [1.54, 1.807) is 26.4 Å². The molecule has 0 bridgehead atoms. The van der Waals surface area contributed by atoms with E-state index < -0.39 is 10.0 Å². The molecule has 0 spiro atoms. The van der Waals surface area contributed by atoms with Crippen molar-refractivity contribution in [2.75, 3.05) is 27.9 Å². The van der Waals surface area contributed by atoms with Gasteiger partial charge < -0.3 is 14.2 Å². The van der Waals surface area contributed by atoms with Crippen molar-refractivity contribution in [2.45, 2.75) is 24.8 Å². The third-order valence-electron chi connectivity index (χ3n) is 4.62. The van der Waals surface area contributed by atoms with Gasteiger partial charge in [0, 0.05) is 13.1 Å². The fourth-order valence-electron chi connectivity index (χ4n) is 3.19. The molecule has 0 atom stereocenters. The van der Waals surface area contributed by atoms with E-state index in [4.69, 9.17) is 14.2 Å². The summed E-state index contributed by atoms with van der Waals surface area (Å²) in [6.45, 7) is 2.55. The average molecular weight is 377 g/mol. The Bertz CT molecular complexity index is 924. The van der Waals surface area contributed by atoms with Crippen LogP contribution in [0.3, 0.4) is 0 Å². The number of nitrogens with zero attached hydrogens (tertiary/aromatic N) is 1. The molecule has 0 saturated carbocycles. The van der Waals surface area contributed by atoms with E-state index in [9.17, 15) is 8.42 Å². The van der Waals surface area contributed by atoms with E-state index in [0.29, 0.717) is 30.2 Å². The summed E-state index contributed by atoms with van der Waals surface area (Å²) in [5, 5.41) is 0. The van der Waals surface area contributed by atoms with Gasteiger partial charge in [0.1, 0.15) is 10.6 Å². The minimum atomic E-state index is -3.67. The Hall–Kier alpha value is -2.25. The number of hydrogen-bond donors (Lipinski definition) is 0. The number of rotatable bonds is 5. The number of hydrogen-bond acceptors (Lipinski definition) is 5. The first kappa shape index (κ1) is 18.5. The molecule has 140 valence electrons. The maximum Gasteiger partial charge on any atom is 0.247 e. The zero-order valence-electron chi connectivity index (χ0n) is 15.4. The predicted octanol–water partition coefficient (Wildman–Crippen LogP) is 2.77. The summed E-state index contributed by atoms with van der Waals surface area (Å²) in [7, 11) is 0.969. The Morgan fingerprint density at radius 3 is 2.12 bits per heavy atom. The summed E-state index contributed by atoms with van der Waals surface area (Å²) in [5.74, 6) is 1.61. The second-order valence-corrected chi connectivity index (χ2v) is 8.13. The lowest BCUT2D eigenvalue weighted by Gasteiger charge is -2.29. The molecule has 1 aliphatic heterocycles. The minimum Gasteiger partial charge on any atom is -0.495 e. The lowest BCUT2D eigenvalue weighted by atomic mass is 10.0. The van der Waals surface area contributed by atoms with Crippen molar-refractivity contribution < 1.29 is 22.6 Å². The number of benzene rings is 2. The Morgan fingerprint density at radius 1 is 0.885 bits per heavy atom. The lowest BCUT2D eigenvalue weighted by Crippen LogP contribution is -2.36. The molecule has 0 aliphatic carbocycles. The highest BCUT2D eigenvalue weighted by Gasteiger charge is 2.31. The van der Waals surface area contributed by atoms with Crippen LogP contribution in [0.2, 0.25) is 0 Å². The third-order valence-corrected chi connectivity index (χ3v) is 6.49. The van der Waals surface area contributed by atoms with E-state index in [1.807, 2.05) is 25.1 Å². The molecule has 0 unspecified atom stereocenters. The molecule has 6 nitrogen and oxygen atoms in total. The van der Waals surface area contributed by atoms with E-state index in [0.717, 1.165) is 16.7 Å². The summed E-state index contributed by atoms with van der Waals surface area (Å²) in [4.78, 5) is 0.198. The zero-order chi connectivity index (χ0) is 18.9. The van der Waals surface area contributed by atoms with Crippen molar-refractivity contribution in [3.05, 3.63) is 47.0 Å². The normalized spacial score (nSPS) is 14.6. The van der Waals surface area contributed by atoms with Crippen LogP contribution in [0.1, 0.15) is 16.7 Å². The standard InChI is InChI=1S/C19H23NO5S/c1-13-5-6-16(23-2)19(9-13)26(21,22)20-8-7-14-10-17(24-3)18(25-4)11-15(14)12-20/h5-6,9-11H,7-8,12H2,1-4H3. The van der Waals surface area contributed by atoms with Crippen LogP contribution >= 0.6 is 0 Å². The molecule has 2 aromatic carbocycles. The molecule has 0 fully saturated rings. The lowest BCUT2D eigenvalue weighted by molar-refractivity contribution is 0.348. The molecule has 26 heavy (non-hydrogen) atoms. The minimum absolute atomic E-state index is 0.198. The van der Waals surface area contributed by atoms with Gasteiger partial charge in [0.2, 0.25) is 10.0 Å². The van der Waals surface area contributed by atoms with Crippen LogP contribution in [0.25, 0.3) is 0 Å². The second kappa shape index (κ2) is 7.17. The van der Waals surface area contributed by atoms with Gasteiger partial charge >= 0.3 is 0 Å². The number of ether oxygens (including phenoxy) is 3. The van der Waals surface area contributed by atoms with Gasteiger partial charge in [0.05, 0.1) is 21.3 Å². The zero-order valence-corrected chi connectivity index (χ0v) is 16.2. The molecule has 0 radical (unpaired) electrons. The summed E-state index contributed by atoms with van der Waals surface area (Å²) in [5.41, 5.74) is 2.86. The molecule has 0 aromatic heterocycles. The Morgan fingerprint density at radius 2 is 1.50 bits per heavy atom. The molecule has 1 aliphatic rings. The Kier molecular flexibility index (Phi) is 5.11. The van der Waals surface area contributed by atoms with Gasteiger partial charge in [-0.15, -0.1) is 0 Å². The molecule has 0 amide bonds. The molecule has 7 heteroatoms. The Labute approximate surface area is 154 Å². The van der Waals surface area contributed by atoms with Crippen molar-refractivity contribution in [3.63, 3.8) is 0 Å². The van der Waals surface area contributed by atoms with Crippen molar-refractivity contribution in [1.82, 2.24) is 4.31 Å². The molecule has 0 N–H and O–H groups in total. The SMILES string of the molecule is COc1cc2c(cc1OC)CN(S(=O)(=O)c1cc(C)ccc1OC)CC2. The van der Waals surface area contributed by atoms with E-state index in [1.165, 1.54) is 11.4 Å². The van der Waals surface area contributed by atoms with Gasteiger partial charge in [-0.1, -0.05) is 6.07 Å². The van der Waals surface area contributed by atoms with Crippen molar-refractivity contribution >= 4 is 10.0 Å². The van der Waals surface area contributed by atoms with Crippen molar-refractivity contribution in [1.29, 1.82) is 0 Å². The molecular formula is C19H23NO5S. The van der Waals surface area contributed by atoms with Gasteiger partial charge in [-0.2, -0.15) is 4.31 Å². The van der Waals surface area contributed by atoms with E-state index >= 15 is 0 Å². The summed E-state index contributed by atoms with van der Waals surface area (Å²) in [6, 6.07) is 8.95. The van der Waals surface area contributed by atoms with Gasteiger partial charge in [-0.3, -0.25) is 0 Å². The molecule has 1 heterocycles. The molecule has 2 aromatic rings. The monoisotopic (exact) mass is 377 g/mol. The van der Waals surface area contributed by atoms with Crippen molar-refractivity contribution in [3.8, 4) is 17.2 Å². The third kappa shape index (κ3) is 3.24. The maximum absolute atomic E-state index is 13.2. The van der Waals surface area contributed by atoms with Crippen LogP contribution in [-0.4, -0.2) is 40.6 Å². The highest BCUT2D eigenvalue weighted by molar-refractivity contribution is 7.89. The fraction of sp³-hybridized carbons (Fsp3) is 0.368. The first-order chi connectivity index (χ1) is 12.4. The highest BCUT2D eigenvalue weighted by Crippen LogP contribution is 2.36. The highest BCUT2D eigenvalue weighted by atomic mass is 32.2. The first-order valence-corrected chi connectivity index (χ1v) is 9.73. The second-order valence-electron chi connectivity index (χ2n) is 6.22. The number of fused-ring (bicyclic) bond motifs is 1. The summed E-state index contributed by atoms with van der Waals surface area (Å²) >= 11 is 0. The predicted molar refractivity (Wildman–Crippen MR) is 98.6 cm³/mol. The van der Waals surface area contributed by atoms with Gasteiger partial charge in [0.15, 0.2) is 11.5 Å². The van der Waals surface area contributed by atoms with E-state index in [2.05, 4.69) is 0 Å². The number of sulfonamides is 1. The average Bonchev–Trinajstić information content (AvgIpc) is 2.66. The molecule has 3 rings (SSSR count). The van der Waals surface area contributed by atoms with Crippen LogP contribution in [0, 0.1) is 6.92 Å². The molecule has 0 saturated heterocycles. The first-order valence-electron chi connectivity index (χ1n) is 8.29. The quantitative estimate of drug-likeness (QED) is 0.802. The topological polar surface area (TPSA) is 65.1 Å². The van der Waals surface area contributed by atoms with Gasteiger partial charge in [-0.25, -0.2) is 8.42 Å². The fourth-order valence-corrected chi connectivity index (χ4v) is 4.85. The van der Waals surface area contributed by atoms with Crippen LogP contribution < -0.4 is 14.2 Å². The maximum atomic E-state index is 13.2.